The van der Waals surface area contributed by atoms with Crippen LogP contribution in [0, 0.1) is 11.3 Å². The van der Waals surface area contributed by atoms with Crippen LogP contribution in [-0.2, 0) is 0 Å². The SMILES string of the molecule is CN1CCC(CN(C)C(CN)C(C)(C)C)CC1. The lowest BCUT2D eigenvalue weighted by molar-refractivity contribution is 0.0953. The summed E-state index contributed by atoms with van der Waals surface area (Å²) in [6, 6.07) is 0.488. The summed E-state index contributed by atoms with van der Waals surface area (Å²) in [5, 5.41) is 0. The van der Waals surface area contributed by atoms with Crippen LogP contribution >= 0.6 is 0 Å². The molecule has 3 nitrogen and oxygen atoms in total. The number of hydrogen-bond acceptors (Lipinski definition) is 3. The summed E-state index contributed by atoms with van der Waals surface area (Å²) in [6.45, 7) is 11.3. The van der Waals surface area contributed by atoms with Crippen LogP contribution in [-0.4, -0.2) is 56.1 Å². The normalized spacial score (nSPS) is 22.1. The summed E-state index contributed by atoms with van der Waals surface area (Å²) in [6.07, 6.45) is 2.67. The van der Waals surface area contributed by atoms with Crippen LogP contribution in [0.1, 0.15) is 33.6 Å². The molecular weight excluding hydrogens is 210 g/mol. The van der Waals surface area contributed by atoms with Crippen molar-refractivity contribution in [1.29, 1.82) is 0 Å². The maximum Gasteiger partial charge on any atom is 0.0263 e. The minimum absolute atomic E-state index is 0.273. The number of nitrogens with zero attached hydrogens (tertiary/aromatic N) is 2. The van der Waals surface area contributed by atoms with Gasteiger partial charge in [0, 0.05) is 19.1 Å². The second-order valence-electron chi connectivity index (χ2n) is 6.80. The molecule has 102 valence electrons. The highest BCUT2D eigenvalue weighted by molar-refractivity contribution is 4.84. The molecular formula is C14H31N3. The Bertz CT molecular complexity index is 214. The van der Waals surface area contributed by atoms with Gasteiger partial charge in [-0.2, -0.15) is 0 Å². The molecule has 0 aromatic carbocycles. The molecule has 3 heteroatoms. The van der Waals surface area contributed by atoms with E-state index in [0.717, 1.165) is 12.5 Å². The summed E-state index contributed by atoms with van der Waals surface area (Å²) in [4.78, 5) is 4.91. The lowest BCUT2D eigenvalue weighted by Gasteiger charge is -2.40. The molecule has 0 aromatic heterocycles. The maximum atomic E-state index is 5.94. The highest BCUT2D eigenvalue weighted by Gasteiger charge is 2.29. The van der Waals surface area contributed by atoms with Gasteiger partial charge in [-0.1, -0.05) is 20.8 Å². The number of likely N-dealkylation sites (tertiary alicyclic amines) is 1. The van der Waals surface area contributed by atoms with Gasteiger partial charge in [0.2, 0.25) is 0 Å². The second kappa shape index (κ2) is 6.17. The third kappa shape index (κ3) is 4.57. The second-order valence-corrected chi connectivity index (χ2v) is 6.80. The van der Waals surface area contributed by atoms with E-state index in [1.54, 1.807) is 0 Å². The van der Waals surface area contributed by atoms with Gasteiger partial charge in [0.25, 0.3) is 0 Å². The highest BCUT2D eigenvalue weighted by Crippen LogP contribution is 2.25. The van der Waals surface area contributed by atoms with Crippen molar-refractivity contribution in [3.05, 3.63) is 0 Å². The first-order chi connectivity index (χ1) is 7.84. The van der Waals surface area contributed by atoms with E-state index in [0.29, 0.717) is 6.04 Å². The Labute approximate surface area is 107 Å². The van der Waals surface area contributed by atoms with E-state index in [9.17, 15) is 0 Å². The van der Waals surface area contributed by atoms with Crippen molar-refractivity contribution in [2.24, 2.45) is 17.1 Å². The third-order valence-electron chi connectivity index (χ3n) is 4.14. The van der Waals surface area contributed by atoms with Crippen LogP contribution in [0.4, 0.5) is 0 Å². The molecule has 2 N–H and O–H groups in total. The summed E-state index contributed by atoms with van der Waals surface area (Å²) in [5.41, 5.74) is 6.21. The Morgan fingerprint density at radius 3 is 2.24 bits per heavy atom. The van der Waals surface area contributed by atoms with Crippen LogP contribution < -0.4 is 5.73 Å². The summed E-state index contributed by atoms with van der Waals surface area (Å²) in [7, 11) is 4.46. The Hall–Kier alpha value is -0.120. The van der Waals surface area contributed by atoms with Crippen molar-refractivity contribution in [2.75, 3.05) is 40.3 Å². The number of hydrogen-bond donors (Lipinski definition) is 1. The Kier molecular flexibility index (Phi) is 5.42. The molecule has 0 saturated carbocycles. The van der Waals surface area contributed by atoms with Crippen LogP contribution in [0.25, 0.3) is 0 Å². The van der Waals surface area contributed by atoms with Gasteiger partial charge in [-0.05, 0) is 51.4 Å². The molecule has 0 amide bonds. The minimum Gasteiger partial charge on any atom is -0.329 e. The van der Waals surface area contributed by atoms with E-state index in [1.807, 2.05) is 0 Å². The quantitative estimate of drug-likeness (QED) is 0.812. The van der Waals surface area contributed by atoms with Gasteiger partial charge in [-0.15, -0.1) is 0 Å². The fourth-order valence-electron chi connectivity index (χ4n) is 2.97. The molecule has 0 radical (unpaired) electrons. The van der Waals surface area contributed by atoms with E-state index in [4.69, 9.17) is 5.73 Å². The summed E-state index contributed by atoms with van der Waals surface area (Å²) < 4.78 is 0. The first-order valence-electron chi connectivity index (χ1n) is 6.93. The molecule has 1 aliphatic heterocycles. The van der Waals surface area contributed by atoms with Gasteiger partial charge in [0.15, 0.2) is 0 Å². The van der Waals surface area contributed by atoms with E-state index in [2.05, 4.69) is 44.7 Å². The highest BCUT2D eigenvalue weighted by atomic mass is 15.2. The molecule has 0 aliphatic carbocycles. The van der Waals surface area contributed by atoms with Gasteiger partial charge in [0.05, 0.1) is 0 Å². The van der Waals surface area contributed by atoms with Crippen molar-refractivity contribution in [3.63, 3.8) is 0 Å². The summed E-state index contributed by atoms with van der Waals surface area (Å²) >= 11 is 0. The van der Waals surface area contributed by atoms with Gasteiger partial charge in [-0.25, -0.2) is 0 Å². The van der Waals surface area contributed by atoms with Crippen molar-refractivity contribution in [1.82, 2.24) is 9.80 Å². The molecule has 0 aromatic rings. The molecule has 1 saturated heterocycles. The molecule has 1 heterocycles. The minimum atomic E-state index is 0.273. The van der Waals surface area contributed by atoms with Crippen molar-refractivity contribution >= 4 is 0 Å². The van der Waals surface area contributed by atoms with Crippen LogP contribution in [0.15, 0.2) is 0 Å². The predicted molar refractivity (Wildman–Crippen MR) is 75.1 cm³/mol. The average Bonchev–Trinajstić information content (AvgIpc) is 2.20. The van der Waals surface area contributed by atoms with E-state index in [1.165, 1.54) is 32.5 Å². The topological polar surface area (TPSA) is 32.5 Å². The predicted octanol–water partition coefficient (Wildman–Crippen LogP) is 1.63. The average molecular weight is 241 g/mol. The third-order valence-corrected chi connectivity index (χ3v) is 4.14. The van der Waals surface area contributed by atoms with Crippen LogP contribution in [0.2, 0.25) is 0 Å². The number of likely N-dealkylation sites (N-methyl/N-ethyl adjacent to an activating group) is 1. The Morgan fingerprint density at radius 2 is 1.82 bits per heavy atom. The van der Waals surface area contributed by atoms with Gasteiger partial charge in [-0.3, -0.25) is 0 Å². The molecule has 1 aliphatic rings. The van der Waals surface area contributed by atoms with E-state index >= 15 is 0 Å². The molecule has 0 bridgehead atoms. The maximum absolute atomic E-state index is 5.94. The van der Waals surface area contributed by atoms with Gasteiger partial charge < -0.3 is 15.5 Å². The van der Waals surface area contributed by atoms with Gasteiger partial charge in [0.1, 0.15) is 0 Å². The van der Waals surface area contributed by atoms with Crippen LogP contribution in [0.5, 0.6) is 0 Å². The molecule has 1 fully saturated rings. The number of nitrogens with two attached hydrogens (primary N) is 1. The number of piperidine rings is 1. The zero-order valence-corrected chi connectivity index (χ0v) is 12.4. The fraction of sp³-hybridized carbons (Fsp3) is 1.00. The number of rotatable bonds is 4. The molecule has 1 rings (SSSR count). The van der Waals surface area contributed by atoms with E-state index < -0.39 is 0 Å². The molecule has 1 atom stereocenters. The Morgan fingerprint density at radius 1 is 1.29 bits per heavy atom. The standard InChI is InChI=1S/C14H31N3/c1-14(2,3)13(10-15)17(5)11-12-6-8-16(4)9-7-12/h12-13H,6-11,15H2,1-5H3. The van der Waals surface area contributed by atoms with E-state index in [-0.39, 0.29) is 5.41 Å². The lowest BCUT2D eigenvalue weighted by atomic mass is 9.85. The molecule has 0 spiro atoms. The summed E-state index contributed by atoms with van der Waals surface area (Å²) in [5.74, 6) is 0.854. The van der Waals surface area contributed by atoms with Gasteiger partial charge >= 0.3 is 0 Å². The first kappa shape index (κ1) is 14.9. The largest absolute Gasteiger partial charge is 0.329 e. The zero-order chi connectivity index (χ0) is 13.1. The first-order valence-corrected chi connectivity index (χ1v) is 6.93. The zero-order valence-electron chi connectivity index (χ0n) is 12.4. The van der Waals surface area contributed by atoms with Crippen LogP contribution in [0.3, 0.4) is 0 Å². The molecule has 1 unspecified atom stereocenters. The molecule has 17 heavy (non-hydrogen) atoms. The monoisotopic (exact) mass is 241 g/mol. The smallest absolute Gasteiger partial charge is 0.0263 e. The van der Waals surface area contributed by atoms with Crippen molar-refractivity contribution in [3.8, 4) is 0 Å². The lowest BCUT2D eigenvalue weighted by Crippen LogP contribution is -2.49. The van der Waals surface area contributed by atoms with Crippen molar-refractivity contribution < 1.29 is 0 Å². The van der Waals surface area contributed by atoms with Crippen molar-refractivity contribution in [2.45, 2.75) is 39.7 Å². The fourth-order valence-corrected chi connectivity index (χ4v) is 2.97. The Balaban J connectivity index is 2.44.